The summed E-state index contributed by atoms with van der Waals surface area (Å²) in [4.78, 5) is 12.8. The van der Waals surface area contributed by atoms with E-state index in [4.69, 9.17) is 9.47 Å². The Morgan fingerprint density at radius 1 is 1.11 bits per heavy atom. The van der Waals surface area contributed by atoms with E-state index >= 15 is 0 Å². The van der Waals surface area contributed by atoms with E-state index in [9.17, 15) is 4.79 Å². The lowest BCUT2D eigenvalue weighted by molar-refractivity contribution is -0.193. The summed E-state index contributed by atoms with van der Waals surface area (Å²) in [6.45, 7) is 13.5. The van der Waals surface area contributed by atoms with Gasteiger partial charge in [-0.2, -0.15) is 0 Å². The van der Waals surface area contributed by atoms with Crippen molar-refractivity contribution in [3.8, 4) is 0 Å². The van der Waals surface area contributed by atoms with Crippen LogP contribution in [0, 0.1) is 28.1 Å². The van der Waals surface area contributed by atoms with Gasteiger partial charge in [0.25, 0.3) is 0 Å². The van der Waals surface area contributed by atoms with Crippen LogP contribution in [0.5, 0.6) is 0 Å². The fourth-order valence-corrected chi connectivity index (χ4v) is 8.44. The second-order valence-corrected chi connectivity index (χ2v) is 10.9. The Bertz CT molecular complexity index is 654. The van der Waals surface area contributed by atoms with Crippen LogP contribution in [0.4, 0.5) is 0 Å². The van der Waals surface area contributed by atoms with E-state index < -0.39 is 0 Å². The zero-order chi connectivity index (χ0) is 19.7. The molecule has 0 aromatic carbocycles. The molecule has 1 spiro atoms. The maximum atomic E-state index is 12.8. The van der Waals surface area contributed by atoms with Gasteiger partial charge in [-0.3, -0.25) is 4.79 Å². The summed E-state index contributed by atoms with van der Waals surface area (Å²) in [6.07, 6.45) is 10.6. The third-order valence-corrected chi connectivity index (χ3v) is 9.24. The van der Waals surface area contributed by atoms with Gasteiger partial charge in [0.2, 0.25) is 0 Å². The third kappa shape index (κ3) is 2.52. The van der Waals surface area contributed by atoms with Crippen molar-refractivity contribution in [1.82, 2.24) is 0 Å². The maximum Gasteiger partial charge on any atom is 0.311 e. The molecule has 4 aliphatic carbocycles. The third-order valence-electron chi connectivity index (χ3n) is 9.24. The molecule has 3 heteroatoms. The zero-order valence-corrected chi connectivity index (χ0v) is 18.0. The van der Waals surface area contributed by atoms with Crippen LogP contribution < -0.4 is 0 Å². The minimum Gasteiger partial charge on any atom is -0.469 e. The van der Waals surface area contributed by atoms with Crippen LogP contribution in [-0.2, 0) is 14.3 Å². The smallest absolute Gasteiger partial charge is 0.311 e. The van der Waals surface area contributed by atoms with Gasteiger partial charge >= 0.3 is 5.97 Å². The predicted molar refractivity (Wildman–Crippen MR) is 107 cm³/mol. The van der Waals surface area contributed by atoms with Crippen molar-refractivity contribution < 1.29 is 14.3 Å². The molecular formula is C24H38O3. The molecule has 27 heavy (non-hydrogen) atoms. The summed E-state index contributed by atoms with van der Waals surface area (Å²) >= 11 is 0. The van der Waals surface area contributed by atoms with Crippen LogP contribution in [0.1, 0.15) is 85.5 Å². The molecule has 0 radical (unpaired) electrons. The van der Waals surface area contributed by atoms with Crippen LogP contribution in [-0.4, -0.2) is 24.8 Å². The number of rotatable bonds is 3. The van der Waals surface area contributed by atoms with Gasteiger partial charge in [-0.1, -0.05) is 19.9 Å². The molecule has 3 nitrogen and oxygen atoms in total. The fourth-order valence-electron chi connectivity index (χ4n) is 8.44. The number of methoxy groups -OCH3 is 1. The summed E-state index contributed by atoms with van der Waals surface area (Å²) in [6, 6.07) is 0. The number of carbonyl (C=O) groups is 1. The van der Waals surface area contributed by atoms with E-state index in [-0.39, 0.29) is 28.5 Å². The van der Waals surface area contributed by atoms with Gasteiger partial charge in [0.1, 0.15) is 0 Å². The molecule has 0 aromatic heterocycles. The number of hydrogen-bond acceptors (Lipinski definition) is 3. The molecule has 0 heterocycles. The first-order valence-electron chi connectivity index (χ1n) is 11.1. The number of ether oxygens (including phenoxy) is 2. The first kappa shape index (κ1) is 19.5. The van der Waals surface area contributed by atoms with Gasteiger partial charge in [-0.05, 0) is 100 Å². The quantitative estimate of drug-likeness (QED) is 0.471. The molecular weight excluding hydrogens is 336 g/mol. The van der Waals surface area contributed by atoms with E-state index in [0.29, 0.717) is 17.3 Å². The van der Waals surface area contributed by atoms with Crippen LogP contribution in [0.15, 0.2) is 12.2 Å². The Hall–Kier alpha value is -0.830. The van der Waals surface area contributed by atoms with Gasteiger partial charge in [-0.15, -0.1) is 0 Å². The molecule has 4 aliphatic rings. The van der Waals surface area contributed by atoms with Crippen molar-refractivity contribution in [2.24, 2.45) is 28.1 Å². The lowest BCUT2D eigenvalue weighted by Crippen LogP contribution is -2.59. The fraction of sp³-hybridized carbons (Fsp3) is 0.875. The van der Waals surface area contributed by atoms with Crippen LogP contribution >= 0.6 is 0 Å². The second kappa shape index (κ2) is 6.08. The van der Waals surface area contributed by atoms with Crippen molar-refractivity contribution in [2.45, 2.75) is 97.2 Å². The Morgan fingerprint density at radius 2 is 1.81 bits per heavy atom. The van der Waals surface area contributed by atoms with E-state index in [1.807, 2.05) is 0 Å². The first-order chi connectivity index (χ1) is 12.6. The molecule has 0 saturated heterocycles. The predicted octanol–water partition coefficient (Wildman–Crippen LogP) is 5.68. The summed E-state index contributed by atoms with van der Waals surface area (Å²) in [5.41, 5.74) is 1.50. The molecule has 4 rings (SSSR count). The summed E-state index contributed by atoms with van der Waals surface area (Å²) in [5.74, 6) is 1.13. The molecule has 4 fully saturated rings. The highest BCUT2D eigenvalue weighted by atomic mass is 16.5. The Labute approximate surface area is 165 Å². The average Bonchev–Trinajstić information content (AvgIpc) is 2.78. The molecule has 2 unspecified atom stereocenters. The van der Waals surface area contributed by atoms with Gasteiger partial charge in [0.05, 0.1) is 24.2 Å². The standard InChI is InChI=1S/C24H38O3/c1-16(2)27-24-13-9-19-21(4)10-7-11-22(5,20(25)26-6)18(21)8-12-23(19,15-24)14-17(24)3/h16,18-19H,3,7-15H2,1-2,4-6H3/t18?,19?,21-,22-,23-,24+/m1/s1. The zero-order valence-electron chi connectivity index (χ0n) is 18.0. The normalized spacial score (nSPS) is 48.9. The number of esters is 1. The van der Waals surface area contributed by atoms with E-state index in [2.05, 4.69) is 34.3 Å². The number of fused-ring (bicyclic) bond motifs is 3. The molecule has 6 atom stereocenters. The number of carbonyl (C=O) groups excluding carboxylic acids is 1. The SMILES string of the molecule is C=C1C[C@@]23CCC4[C@@](C)(CCC[C@@]4(C)C(=O)OC)C2CC[C@]1(OC(C)C)C3. The molecule has 0 aromatic rings. The van der Waals surface area contributed by atoms with Crippen molar-refractivity contribution in [3.05, 3.63) is 12.2 Å². The summed E-state index contributed by atoms with van der Waals surface area (Å²) in [7, 11) is 1.56. The van der Waals surface area contributed by atoms with Crippen molar-refractivity contribution >= 4 is 5.97 Å². The molecule has 0 N–H and O–H groups in total. The molecule has 0 amide bonds. The Kier molecular flexibility index (Phi) is 4.39. The monoisotopic (exact) mass is 374 g/mol. The minimum absolute atomic E-state index is 0.0125. The maximum absolute atomic E-state index is 12.8. The van der Waals surface area contributed by atoms with Crippen LogP contribution in [0.3, 0.4) is 0 Å². The molecule has 152 valence electrons. The lowest BCUT2D eigenvalue weighted by Gasteiger charge is -2.64. The topological polar surface area (TPSA) is 35.5 Å². The molecule has 0 aliphatic heterocycles. The largest absolute Gasteiger partial charge is 0.469 e. The van der Waals surface area contributed by atoms with Crippen molar-refractivity contribution in [3.63, 3.8) is 0 Å². The number of hydrogen-bond donors (Lipinski definition) is 0. The first-order valence-corrected chi connectivity index (χ1v) is 11.1. The van der Waals surface area contributed by atoms with E-state index in [1.54, 1.807) is 7.11 Å². The minimum atomic E-state index is -0.318. The lowest BCUT2D eigenvalue weighted by atomic mass is 9.41. The van der Waals surface area contributed by atoms with Crippen LogP contribution in [0.2, 0.25) is 0 Å². The highest BCUT2D eigenvalue weighted by molar-refractivity contribution is 5.77. The van der Waals surface area contributed by atoms with Gasteiger partial charge in [0, 0.05) is 0 Å². The van der Waals surface area contributed by atoms with Crippen molar-refractivity contribution in [2.75, 3.05) is 7.11 Å². The second-order valence-electron chi connectivity index (χ2n) is 10.9. The van der Waals surface area contributed by atoms with Gasteiger partial charge in [-0.25, -0.2) is 0 Å². The highest BCUT2D eigenvalue weighted by Crippen LogP contribution is 2.73. The van der Waals surface area contributed by atoms with Gasteiger partial charge in [0.15, 0.2) is 0 Å². The Balaban J connectivity index is 1.69. The van der Waals surface area contributed by atoms with Crippen LogP contribution in [0.25, 0.3) is 0 Å². The summed E-state index contributed by atoms with van der Waals surface area (Å²) in [5, 5.41) is 0. The highest BCUT2D eigenvalue weighted by Gasteiger charge is 2.68. The van der Waals surface area contributed by atoms with E-state index in [1.165, 1.54) is 24.8 Å². The summed E-state index contributed by atoms with van der Waals surface area (Å²) < 4.78 is 11.8. The molecule has 4 saturated carbocycles. The van der Waals surface area contributed by atoms with Crippen molar-refractivity contribution in [1.29, 1.82) is 0 Å². The average molecular weight is 375 g/mol. The Morgan fingerprint density at radius 3 is 2.48 bits per heavy atom. The van der Waals surface area contributed by atoms with Gasteiger partial charge < -0.3 is 9.47 Å². The molecule has 2 bridgehead atoms. The van der Waals surface area contributed by atoms with E-state index in [0.717, 1.165) is 38.5 Å².